The molecule has 0 atom stereocenters. The third kappa shape index (κ3) is 6.57. The zero-order valence-electron chi connectivity index (χ0n) is 22.1. The van der Waals surface area contributed by atoms with Crippen LogP contribution < -0.4 is 10.1 Å². The Morgan fingerprint density at radius 3 is 2.45 bits per heavy atom. The van der Waals surface area contributed by atoms with Crippen LogP contribution in [0.5, 0.6) is 5.75 Å². The molecule has 4 aromatic rings. The first-order valence-electron chi connectivity index (χ1n) is 13.0. The first-order chi connectivity index (χ1) is 18.5. The summed E-state index contributed by atoms with van der Waals surface area (Å²) >= 11 is 0. The van der Waals surface area contributed by atoms with Gasteiger partial charge in [-0.2, -0.15) is 9.49 Å². The van der Waals surface area contributed by atoms with E-state index in [9.17, 15) is 9.18 Å². The van der Waals surface area contributed by atoms with E-state index >= 15 is 0 Å². The van der Waals surface area contributed by atoms with Crippen molar-refractivity contribution in [2.75, 3.05) is 13.7 Å². The van der Waals surface area contributed by atoms with Gasteiger partial charge in [0.2, 0.25) is 11.9 Å². The Bertz CT molecular complexity index is 1420. The zero-order chi connectivity index (χ0) is 26.9. The summed E-state index contributed by atoms with van der Waals surface area (Å²) in [7, 11) is 1.62. The maximum absolute atomic E-state index is 14.4. The molecular formula is C32H34FN3O2. The van der Waals surface area contributed by atoms with Crippen molar-refractivity contribution in [3.8, 4) is 5.75 Å². The fraction of sp³-hybridized carbons (Fsp3) is 0.250. The highest BCUT2D eigenvalue weighted by Crippen LogP contribution is 2.38. The Morgan fingerprint density at radius 2 is 1.74 bits per heavy atom. The van der Waals surface area contributed by atoms with Gasteiger partial charge in [0.15, 0.2) is 0 Å². The Labute approximate surface area is 223 Å². The lowest BCUT2D eigenvalue weighted by atomic mass is 9.84. The SMILES string of the molecule is CNC(=O)/C=C/CCCCOc1ccc(/C(=C(\c2ccccc2)C(C)C)c2ccc3n[nH]c(F)c3c2)cc1. The predicted molar refractivity (Wildman–Crippen MR) is 152 cm³/mol. The van der Waals surface area contributed by atoms with E-state index < -0.39 is 5.95 Å². The molecule has 0 saturated heterocycles. The lowest BCUT2D eigenvalue weighted by molar-refractivity contribution is -0.116. The molecule has 0 saturated carbocycles. The second-order valence-corrected chi connectivity index (χ2v) is 9.46. The van der Waals surface area contributed by atoms with Gasteiger partial charge >= 0.3 is 0 Å². The second kappa shape index (κ2) is 12.9. The maximum Gasteiger partial charge on any atom is 0.243 e. The smallest absolute Gasteiger partial charge is 0.243 e. The number of aromatic amines is 1. The molecule has 196 valence electrons. The van der Waals surface area contributed by atoms with Crippen molar-refractivity contribution in [2.45, 2.75) is 33.1 Å². The van der Waals surface area contributed by atoms with Gasteiger partial charge in [-0.3, -0.25) is 9.89 Å². The quantitative estimate of drug-likeness (QED) is 0.127. The molecule has 5 nitrogen and oxygen atoms in total. The summed E-state index contributed by atoms with van der Waals surface area (Å²) in [5.41, 5.74) is 5.95. The lowest BCUT2D eigenvalue weighted by Crippen LogP contribution is -2.13. The maximum atomic E-state index is 14.4. The van der Waals surface area contributed by atoms with Crippen molar-refractivity contribution in [3.63, 3.8) is 0 Å². The monoisotopic (exact) mass is 511 g/mol. The van der Waals surface area contributed by atoms with Crippen LogP contribution in [0.25, 0.3) is 22.0 Å². The van der Waals surface area contributed by atoms with Crippen LogP contribution in [0.3, 0.4) is 0 Å². The number of amides is 1. The minimum atomic E-state index is -0.431. The molecule has 0 fully saturated rings. The number of rotatable bonds is 11. The second-order valence-electron chi connectivity index (χ2n) is 9.46. The summed E-state index contributed by atoms with van der Waals surface area (Å²) in [6.45, 7) is 4.97. The van der Waals surface area contributed by atoms with Gasteiger partial charge in [0.05, 0.1) is 17.5 Å². The molecule has 1 amide bonds. The number of allylic oxidation sites excluding steroid dienone is 2. The summed E-state index contributed by atoms with van der Waals surface area (Å²) in [4.78, 5) is 11.2. The first kappa shape index (κ1) is 26.9. The average molecular weight is 512 g/mol. The molecule has 0 aliphatic heterocycles. The molecule has 0 unspecified atom stereocenters. The fourth-order valence-electron chi connectivity index (χ4n) is 4.54. The third-order valence-corrected chi connectivity index (χ3v) is 6.42. The number of H-pyrrole nitrogens is 1. The van der Waals surface area contributed by atoms with Crippen LogP contribution in [-0.2, 0) is 4.79 Å². The van der Waals surface area contributed by atoms with Gasteiger partial charge in [0.1, 0.15) is 5.75 Å². The van der Waals surface area contributed by atoms with E-state index in [1.54, 1.807) is 13.1 Å². The number of nitrogens with one attached hydrogen (secondary N) is 2. The first-order valence-corrected chi connectivity index (χ1v) is 13.0. The van der Waals surface area contributed by atoms with E-state index in [-0.39, 0.29) is 11.8 Å². The minimum absolute atomic E-state index is 0.0857. The van der Waals surface area contributed by atoms with Crippen LogP contribution in [-0.4, -0.2) is 29.8 Å². The molecule has 38 heavy (non-hydrogen) atoms. The van der Waals surface area contributed by atoms with Crippen molar-refractivity contribution >= 4 is 28.0 Å². The van der Waals surface area contributed by atoms with Gasteiger partial charge in [-0.25, -0.2) is 0 Å². The van der Waals surface area contributed by atoms with Gasteiger partial charge in [0.25, 0.3) is 0 Å². The molecule has 2 N–H and O–H groups in total. The zero-order valence-corrected chi connectivity index (χ0v) is 22.1. The van der Waals surface area contributed by atoms with Crippen molar-refractivity contribution in [1.29, 1.82) is 0 Å². The fourth-order valence-corrected chi connectivity index (χ4v) is 4.54. The molecule has 0 aliphatic rings. The average Bonchev–Trinajstić information content (AvgIpc) is 3.31. The number of carbonyl (C=O) groups is 1. The molecule has 3 aromatic carbocycles. The summed E-state index contributed by atoms with van der Waals surface area (Å²) in [5, 5.41) is 9.54. The Hall–Kier alpha value is -4.19. The van der Waals surface area contributed by atoms with E-state index in [1.165, 1.54) is 5.57 Å². The highest BCUT2D eigenvalue weighted by molar-refractivity contribution is 6.01. The van der Waals surface area contributed by atoms with Crippen molar-refractivity contribution < 1.29 is 13.9 Å². The number of hydrogen-bond acceptors (Lipinski definition) is 3. The Kier molecular flexibility index (Phi) is 9.09. The van der Waals surface area contributed by atoms with Gasteiger partial charge in [-0.05, 0) is 83.4 Å². The molecule has 0 aliphatic carbocycles. The van der Waals surface area contributed by atoms with Crippen molar-refractivity contribution in [3.05, 3.63) is 108 Å². The van der Waals surface area contributed by atoms with E-state index in [2.05, 4.69) is 53.6 Å². The summed E-state index contributed by atoms with van der Waals surface area (Å²) in [6, 6.07) is 24.2. The summed E-state index contributed by atoms with van der Waals surface area (Å²) < 4.78 is 20.4. The molecule has 0 radical (unpaired) electrons. The van der Waals surface area contributed by atoms with E-state index in [1.807, 2.05) is 54.6 Å². The van der Waals surface area contributed by atoms with E-state index in [0.717, 1.165) is 47.3 Å². The van der Waals surface area contributed by atoms with Crippen LogP contribution in [0.15, 0.2) is 84.9 Å². The lowest BCUT2D eigenvalue weighted by Gasteiger charge is -2.20. The van der Waals surface area contributed by atoms with Crippen LogP contribution in [0.1, 0.15) is 49.8 Å². The van der Waals surface area contributed by atoms with E-state index in [0.29, 0.717) is 17.5 Å². The number of benzene rings is 3. The van der Waals surface area contributed by atoms with Gasteiger partial charge in [-0.15, -0.1) is 0 Å². The molecular weight excluding hydrogens is 477 g/mol. The molecule has 0 spiro atoms. The van der Waals surface area contributed by atoms with Crippen molar-refractivity contribution in [1.82, 2.24) is 15.5 Å². The third-order valence-electron chi connectivity index (χ3n) is 6.42. The molecule has 1 aromatic heterocycles. The largest absolute Gasteiger partial charge is 0.494 e. The predicted octanol–water partition coefficient (Wildman–Crippen LogP) is 7.17. The van der Waals surface area contributed by atoms with Gasteiger partial charge in [0, 0.05) is 7.05 Å². The molecule has 0 bridgehead atoms. The van der Waals surface area contributed by atoms with Crippen LogP contribution in [0.4, 0.5) is 4.39 Å². The van der Waals surface area contributed by atoms with Gasteiger partial charge < -0.3 is 10.1 Å². The number of carbonyl (C=O) groups excluding carboxylic acids is 1. The van der Waals surface area contributed by atoms with Crippen LogP contribution in [0, 0.1) is 11.9 Å². The van der Waals surface area contributed by atoms with Gasteiger partial charge in [-0.1, -0.05) is 68.5 Å². The number of halogens is 1. The highest BCUT2D eigenvalue weighted by atomic mass is 19.1. The number of fused-ring (bicyclic) bond motifs is 1. The van der Waals surface area contributed by atoms with Crippen LogP contribution >= 0.6 is 0 Å². The van der Waals surface area contributed by atoms with E-state index in [4.69, 9.17) is 4.74 Å². The van der Waals surface area contributed by atoms with Crippen LogP contribution in [0.2, 0.25) is 0 Å². The molecule has 1 heterocycles. The molecule has 6 heteroatoms. The Morgan fingerprint density at radius 1 is 1.00 bits per heavy atom. The summed E-state index contributed by atoms with van der Waals surface area (Å²) in [5.74, 6) is 0.513. The normalized spacial score (nSPS) is 12.2. The number of hydrogen-bond donors (Lipinski definition) is 2. The number of unbranched alkanes of at least 4 members (excludes halogenated alkanes) is 2. The number of ether oxygens (including phenoxy) is 1. The minimum Gasteiger partial charge on any atom is -0.494 e. The standard InChI is InChI=1S/C32H34FN3O2/c1-22(2)30(23-11-7-6-8-12-23)31(25-16-19-28-27(21-25)32(33)36-35-28)24-14-17-26(18-15-24)38-20-10-5-4-9-13-29(37)34-3/h6-9,11-19,21-22H,4-5,10,20H2,1-3H3,(H,34,37)(H,35,36)/b13-9+,31-30+. The number of aromatic nitrogens is 2. The number of nitrogens with zero attached hydrogens (tertiary/aromatic N) is 1. The molecule has 4 rings (SSSR count). The number of likely N-dealkylation sites (N-methyl/N-ethyl adjacent to an activating group) is 1. The van der Waals surface area contributed by atoms with Crippen molar-refractivity contribution in [2.24, 2.45) is 5.92 Å². The highest BCUT2D eigenvalue weighted by Gasteiger charge is 2.18. The summed E-state index contributed by atoms with van der Waals surface area (Å²) in [6.07, 6.45) is 6.12. The topological polar surface area (TPSA) is 67.0 Å². The Balaban J connectivity index is 1.60.